The third-order valence-electron chi connectivity index (χ3n) is 9.79. The van der Waals surface area contributed by atoms with Crippen LogP contribution in [-0.2, 0) is 25.5 Å². The highest BCUT2D eigenvalue weighted by Gasteiger charge is 2.42. The lowest BCUT2D eigenvalue weighted by Gasteiger charge is -2.40. The molecule has 3 aromatic rings. The largest absolute Gasteiger partial charge is 0.459 e. The molecule has 0 unspecified atom stereocenters. The minimum absolute atomic E-state index is 0.0537. The Labute approximate surface area is 298 Å². The Morgan fingerprint density at radius 2 is 1.44 bits per heavy atom. The number of carbonyl (C=O) groups excluding carboxylic acids is 3. The van der Waals surface area contributed by atoms with Gasteiger partial charge < -0.3 is 20.1 Å². The van der Waals surface area contributed by atoms with Crippen LogP contribution in [0.25, 0.3) is 11.1 Å². The van der Waals surface area contributed by atoms with Crippen molar-refractivity contribution in [1.82, 2.24) is 15.5 Å². The number of fused-ring (bicyclic) bond motifs is 3. The van der Waals surface area contributed by atoms with Crippen LogP contribution in [0.15, 0.2) is 78.9 Å². The van der Waals surface area contributed by atoms with Gasteiger partial charge in [-0.2, -0.15) is 0 Å². The Hall–Kier alpha value is -4.17. The fourth-order valence-corrected chi connectivity index (χ4v) is 7.58. The van der Waals surface area contributed by atoms with E-state index in [1.807, 2.05) is 75.4 Å². The second-order valence-corrected chi connectivity index (χ2v) is 15.6. The number of likely N-dealkylation sites (tertiary alicyclic amines) is 1. The summed E-state index contributed by atoms with van der Waals surface area (Å²) in [4.78, 5) is 43.5. The van der Waals surface area contributed by atoms with Crippen LogP contribution in [0.5, 0.6) is 0 Å². The number of hydrogen-bond donors (Lipinski definition) is 2. The highest BCUT2D eigenvalue weighted by molar-refractivity contribution is 5.86. The van der Waals surface area contributed by atoms with Crippen molar-refractivity contribution in [2.45, 2.75) is 110 Å². The molecule has 2 amide bonds. The summed E-state index contributed by atoms with van der Waals surface area (Å²) in [7, 11) is 0. The molecule has 1 heterocycles. The molecule has 1 saturated heterocycles. The van der Waals surface area contributed by atoms with Crippen molar-refractivity contribution in [2.75, 3.05) is 13.2 Å². The Bertz CT molecular complexity index is 1570. The van der Waals surface area contributed by atoms with E-state index in [-0.39, 0.29) is 48.3 Å². The lowest BCUT2D eigenvalue weighted by Crippen LogP contribution is -2.59. The summed E-state index contributed by atoms with van der Waals surface area (Å²) in [5.41, 5.74) is 4.90. The standard InChI is InChI=1S/C42H55N3O5/c1-27(2)24-37(40(47)50-42(5,6)7)45-23-15-22-36(45)38(28(3)4)44-39(46)35(25-29-16-9-8-10-17-29)43-41(48)49-26-34-32-20-13-11-18-30(32)31-19-12-14-21-33(31)34/h8-14,16-21,27-28,34-38H,15,22-26H2,1-7H3,(H,43,48)(H,44,46)/t35-,36-,37-,38-/m0/s1. The molecule has 0 radical (unpaired) electrons. The Morgan fingerprint density at radius 3 is 2.02 bits per heavy atom. The van der Waals surface area contributed by atoms with Gasteiger partial charge in [0, 0.05) is 24.4 Å². The smallest absolute Gasteiger partial charge is 0.407 e. The van der Waals surface area contributed by atoms with E-state index < -0.39 is 23.8 Å². The van der Waals surface area contributed by atoms with E-state index >= 15 is 0 Å². The van der Waals surface area contributed by atoms with Crippen LogP contribution in [0.3, 0.4) is 0 Å². The summed E-state index contributed by atoms with van der Waals surface area (Å²) in [6.07, 6.45) is 2.12. The maximum absolute atomic E-state index is 14.2. The van der Waals surface area contributed by atoms with Crippen LogP contribution in [0.4, 0.5) is 4.79 Å². The predicted molar refractivity (Wildman–Crippen MR) is 198 cm³/mol. The van der Waals surface area contributed by atoms with E-state index in [2.05, 4.69) is 67.5 Å². The Kier molecular flexibility index (Phi) is 12.0. The van der Waals surface area contributed by atoms with Gasteiger partial charge in [-0.15, -0.1) is 0 Å². The molecule has 3 aromatic carbocycles. The average molecular weight is 682 g/mol. The highest BCUT2D eigenvalue weighted by atomic mass is 16.6. The first-order chi connectivity index (χ1) is 23.8. The molecule has 1 aliphatic heterocycles. The third kappa shape index (κ3) is 9.13. The van der Waals surface area contributed by atoms with Crippen molar-refractivity contribution in [3.63, 3.8) is 0 Å². The van der Waals surface area contributed by atoms with Crippen molar-refractivity contribution in [1.29, 1.82) is 0 Å². The van der Waals surface area contributed by atoms with Gasteiger partial charge in [0.2, 0.25) is 5.91 Å². The van der Waals surface area contributed by atoms with Crippen LogP contribution in [0, 0.1) is 11.8 Å². The summed E-state index contributed by atoms with van der Waals surface area (Å²) in [5, 5.41) is 6.24. The molecular weight excluding hydrogens is 626 g/mol. The number of alkyl carbamates (subject to hydrolysis) is 1. The summed E-state index contributed by atoms with van der Waals surface area (Å²) in [5.74, 6) is -0.208. The number of nitrogens with one attached hydrogen (secondary N) is 2. The second-order valence-electron chi connectivity index (χ2n) is 15.6. The number of benzene rings is 3. The van der Waals surface area contributed by atoms with Crippen LogP contribution in [0.2, 0.25) is 0 Å². The first-order valence-electron chi connectivity index (χ1n) is 18.3. The van der Waals surface area contributed by atoms with Gasteiger partial charge in [-0.25, -0.2) is 4.79 Å². The quantitative estimate of drug-likeness (QED) is 0.182. The number of carbonyl (C=O) groups is 3. The zero-order chi connectivity index (χ0) is 36.0. The van der Waals surface area contributed by atoms with Gasteiger partial charge in [0.25, 0.3) is 0 Å². The molecule has 50 heavy (non-hydrogen) atoms. The summed E-state index contributed by atoms with van der Waals surface area (Å²) < 4.78 is 11.8. The van der Waals surface area contributed by atoms with Crippen molar-refractivity contribution in [2.24, 2.45) is 11.8 Å². The maximum atomic E-state index is 14.2. The monoisotopic (exact) mass is 681 g/mol. The first-order valence-corrected chi connectivity index (χ1v) is 18.3. The molecule has 0 saturated carbocycles. The van der Waals surface area contributed by atoms with E-state index in [4.69, 9.17) is 9.47 Å². The third-order valence-corrected chi connectivity index (χ3v) is 9.79. The van der Waals surface area contributed by atoms with E-state index in [9.17, 15) is 14.4 Å². The molecule has 5 rings (SSSR count). The molecule has 1 aliphatic carbocycles. The molecule has 0 spiro atoms. The SMILES string of the molecule is CC(C)C[C@@H](C(=O)OC(C)(C)C)N1CCC[C@H]1[C@@H](NC(=O)[C@H](Cc1ccccc1)NC(=O)OCC1c2ccccc2-c2ccccc21)C(C)C. The molecule has 2 N–H and O–H groups in total. The zero-order valence-corrected chi connectivity index (χ0v) is 30.8. The van der Waals surface area contributed by atoms with Gasteiger partial charge in [-0.3, -0.25) is 14.5 Å². The number of amides is 2. The molecular formula is C42H55N3O5. The van der Waals surface area contributed by atoms with Gasteiger partial charge in [0.1, 0.15) is 24.3 Å². The van der Waals surface area contributed by atoms with Crippen LogP contribution in [0.1, 0.15) is 90.3 Å². The van der Waals surface area contributed by atoms with E-state index in [0.717, 1.165) is 47.2 Å². The Balaban J connectivity index is 1.32. The first kappa shape index (κ1) is 37.1. The topological polar surface area (TPSA) is 97.0 Å². The second kappa shape index (κ2) is 16.2. The molecule has 1 fully saturated rings. The predicted octanol–water partition coefficient (Wildman–Crippen LogP) is 7.50. The van der Waals surface area contributed by atoms with E-state index in [1.54, 1.807) is 0 Å². The van der Waals surface area contributed by atoms with Crippen molar-refractivity contribution in [3.8, 4) is 11.1 Å². The number of hydrogen-bond acceptors (Lipinski definition) is 6. The molecule has 4 atom stereocenters. The normalized spacial score (nSPS) is 17.9. The van der Waals surface area contributed by atoms with Crippen LogP contribution < -0.4 is 10.6 Å². The fourth-order valence-electron chi connectivity index (χ4n) is 7.58. The fraction of sp³-hybridized carbons (Fsp3) is 0.500. The lowest BCUT2D eigenvalue weighted by atomic mass is 9.92. The van der Waals surface area contributed by atoms with E-state index in [1.165, 1.54) is 0 Å². The number of ether oxygens (including phenoxy) is 2. The highest BCUT2D eigenvalue weighted by Crippen LogP contribution is 2.44. The van der Waals surface area contributed by atoms with Gasteiger partial charge in [-0.05, 0) is 86.2 Å². The minimum atomic E-state index is -0.860. The molecule has 8 heteroatoms. The van der Waals surface area contributed by atoms with Crippen LogP contribution >= 0.6 is 0 Å². The lowest BCUT2D eigenvalue weighted by molar-refractivity contribution is -0.163. The molecule has 8 nitrogen and oxygen atoms in total. The van der Waals surface area contributed by atoms with E-state index in [0.29, 0.717) is 12.8 Å². The van der Waals surface area contributed by atoms with Crippen LogP contribution in [-0.4, -0.2) is 65.8 Å². The minimum Gasteiger partial charge on any atom is -0.459 e. The van der Waals surface area contributed by atoms with Gasteiger partial charge in [0.15, 0.2) is 0 Å². The number of nitrogens with zero attached hydrogens (tertiary/aromatic N) is 1. The van der Waals surface area contributed by atoms with Crippen molar-refractivity contribution in [3.05, 3.63) is 95.6 Å². The summed E-state index contributed by atoms with van der Waals surface area (Å²) >= 11 is 0. The molecule has 0 bridgehead atoms. The average Bonchev–Trinajstić information content (AvgIpc) is 3.67. The van der Waals surface area contributed by atoms with Crippen molar-refractivity contribution < 1.29 is 23.9 Å². The maximum Gasteiger partial charge on any atom is 0.407 e. The molecule has 2 aliphatic rings. The number of esters is 1. The Morgan fingerprint density at radius 1 is 0.840 bits per heavy atom. The molecule has 268 valence electrons. The van der Waals surface area contributed by atoms with Crippen molar-refractivity contribution >= 4 is 18.0 Å². The van der Waals surface area contributed by atoms with Gasteiger partial charge >= 0.3 is 12.1 Å². The molecule has 0 aromatic heterocycles. The van der Waals surface area contributed by atoms with Gasteiger partial charge in [0.05, 0.1) is 0 Å². The number of rotatable bonds is 13. The van der Waals surface area contributed by atoms with Gasteiger partial charge in [-0.1, -0.05) is 107 Å². The zero-order valence-electron chi connectivity index (χ0n) is 30.8. The summed E-state index contributed by atoms with van der Waals surface area (Å²) in [6.45, 7) is 15.0. The summed E-state index contributed by atoms with van der Waals surface area (Å²) in [6, 6.07) is 24.6.